The maximum absolute atomic E-state index is 10.8. The molecule has 3 nitrogen and oxygen atoms in total. The third kappa shape index (κ3) is 2.21. The number of rotatable bonds is 2. The Morgan fingerprint density at radius 2 is 2.08 bits per heavy atom. The first kappa shape index (κ1) is 10.5. The van der Waals surface area contributed by atoms with Gasteiger partial charge in [0.1, 0.15) is 0 Å². The van der Waals surface area contributed by atoms with Gasteiger partial charge in [0.25, 0.3) is 0 Å². The van der Waals surface area contributed by atoms with Gasteiger partial charge < -0.3 is 10.2 Å². The average molecular weight is 186 g/mol. The minimum absolute atomic E-state index is 0.0752. The van der Waals surface area contributed by atoms with E-state index in [4.69, 9.17) is 5.11 Å². The van der Waals surface area contributed by atoms with E-state index in [1.165, 1.54) is 6.92 Å². The summed E-state index contributed by atoms with van der Waals surface area (Å²) < 4.78 is 0. The molecule has 13 heavy (non-hydrogen) atoms. The monoisotopic (exact) mass is 186 g/mol. The van der Waals surface area contributed by atoms with Gasteiger partial charge in [-0.3, -0.25) is 0 Å². The van der Waals surface area contributed by atoms with Crippen LogP contribution in [0.4, 0.5) is 0 Å². The Kier molecular flexibility index (Phi) is 2.96. The van der Waals surface area contributed by atoms with Crippen molar-refractivity contribution in [3.63, 3.8) is 0 Å². The Balaban J connectivity index is 2.64. The second-order valence-electron chi connectivity index (χ2n) is 4.42. The largest absolute Gasteiger partial charge is 0.479 e. The molecule has 0 aromatic heterocycles. The zero-order chi connectivity index (χ0) is 10.1. The molecule has 1 aliphatic carbocycles. The zero-order valence-electron chi connectivity index (χ0n) is 8.29. The molecule has 0 saturated heterocycles. The number of hydrogen-bond acceptors (Lipinski definition) is 2. The van der Waals surface area contributed by atoms with Crippen LogP contribution in [-0.4, -0.2) is 21.8 Å². The normalized spacial score (nSPS) is 33.8. The van der Waals surface area contributed by atoms with Crippen LogP contribution in [0.3, 0.4) is 0 Å². The fourth-order valence-corrected chi connectivity index (χ4v) is 2.12. The SMILES string of the molecule is CC1CCCC(C(C)(O)C(=O)O)C1. The molecule has 2 N–H and O–H groups in total. The molecule has 0 heterocycles. The number of carboxylic acids is 1. The third-order valence-corrected chi connectivity index (χ3v) is 3.16. The molecule has 0 aliphatic heterocycles. The Hall–Kier alpha value is -0.570. The van der Waals surface area contributed by atoms with Crippen molar-refractivity contribution in [3.8, 4) is 0 Å². The molecule has 1 rings (SSSR count). The van der Waals surface area contributed by atoms with Gasteiger partial charge in [-0.05, 0) is 31.6 Å². The van der Waals surface area contributed by atoms with E-state index in [0.29, 0.717) is 5.92 Å². The highest BCUT2D eigenvalue weighted by atomic mass is 16.4. The minimum Gasteiger partial charge on any atom is -0.479 e. The molecule has 0 amide bonds. The second-order valence-corrected chi connectivity index (χ2v) is 4.42. The molecule has 0 aromatic rings. The number of hydrogen-bond donors (Lipinski definition) is 2. The van der Waals surface area contributed by atoms with Crippen LogP contribution in [0.2, 0.25) is 0 Å². The van der Waals surface area contributed by atoms with Gasteiger partial charge in [-0.15, -0.1) is 0 Å². The van der Waals surface area contributed by atoms with Crippen LogP contribution in [0.15, 0.2) is 0 Å². The van der Waals surface area contributed by atoms with Crippen molar-refractivity contribution in [2.24, 2.45) is 11.8 Å². The Morgan fingerprint density at radius 3 is 2.54 bits per heavy atom. The summed E-state index contributed by atoms with van der Waals surface area (Å²) in [7, 11) is 0. The molecule has 0 radical (unpaired) electrons. The third-order valence-electron chi connectivity index (χ3n) is 3.16. The van der Waals surface area contributed by atoms with Gasteiger partial charge in [-0.25, -0.2) is 4.79 Å². The first-order valence-electron chi connectivity index (χ1n) is 4.90. The molecular weight excluding hydrogens is 168 g/mol. The van der Waals surface area contributed by atoms with Crippen LogP contribution in [0.25, 0.3) is 0 Å². The van der Waals surface area contributed by atoms with Crippen molar-refractivity contribution >= 4 is 5.97 Å². The first-order valence-corrected chi connectivity index (χ1v) is 4.90. The number of carbonyl (C=O) groups is 1. The fourth-order valence-electron chi connectivity index (χ4n) is 2.12. The molecule has 1 aliphatic rings. The summed E-state index contributed by atoms with van der Waals surface area (Å²) in [6.45, 7) is 3.53. The summed E-state index contributed by atoms with van der Waals surface area (Å²) in [6, 6.07) is 0. The summed E-state index contributed by atoms with van der Waals surface area (Å²) in [6.07, 6.45) is 3.87. The van der Waals surface area contributed by atoms with E-state index in [1.807, 2.05) is 0 Å². The Labute approximate surface area is 78.8 Å². The smallest absolute Gasteiger partial charge is 0.335 e. The summed E-state index contributed by atoms with van der Waals surface area (Å²) >= 11 is 0. The number of aliphatic hydroxyl groups is 1. The van der Waals surface area contributed by atoms with Gasteiger partial charge in [0.2, 0.25) is 0 Å². The van der Waals surface area contributed by atoms with E-state index in [0.717, 1.165) is 25.7 Å². The molecule has 3 heteroatoms. The maximum Gasteiger partial charge on any atom is 0.335 e. The molecule has 76 valence electrons. The van der Waals surface area contributed by atoms with Crippen molar-refractivity contribution < 1.29 is 15.0 Å². The standard InChI is InChI=1S/C10H18O3/c1-7-4-3-5-8(6-7)10(2,13)9(11)12/h7-8,13H,3-6H2,1-2H3,(H,11,12). The molecule has 1 saturated carbocycles. The van der Waals surface area contributed by atoms with Crippen LogP contribution in [0.1, 0.15) is 39.5 Å². The van der Waals surface area contributed by atoms with Gasteiger partial charge in [-0.1, -0.05) is 19.8 Å². The highest BCUT2D eigenvalue weighted by molar-refractivity contribution is 5.76. The maximum atomic E-state index is 10.8. The lowest BCUT2D eigenvalue weighted by atomic mass is 9.74. The summed E-state index contributed by atoms with van der Waals surface area (Å²) in [5, 5.41) is 18.6. The van der Waals surface area contributed by atoms with Crippen molar-refractivity contribution in [2.45, 2.75) is 45.1 Å². The minimum atomic E-state index is -1.53. The van der Waals surface area contributed by atoms with E-state index < -0.39 is 11.6 Å². The van der Waals surface area contributed by atoms with E-state index in [9.17, 15) is 9.90 Å². The van der Waals surface area contributed by atoms with E-state index >= 15 is 0 Å². The number of aliphatic carboxylic acids is 1. The molecule has 1 fully saturated rings. The topological polar surface area (TPSA) is 57.5 Å². The first-order chi connectivity index (χ1) is 5.94. The van der Waals surface area contributed by atoms with Crippen LogP contribution in [0, 0.1) is 11.8 Å². The van der Waals surface area contributed by atoms with Gasteiger partial charge in [0, 0.05) is 0 Å². The van der Waals surface area contributed by atoms with Crippen molar-refractivity contribution in [2.75, 3.05) is 0 Å². The fraction of sp³-hybridized carbons (Fsp3) is 0.900. The molecule has 0 aromatic carbocycles. The zero-order valence-corrected chi connectivity index (χ0v) is 8.29. The van der Waals surface area contributed by atoms with Crippen LogP contribution in [-0.2, 0) is 4.79 Å². The molecule has 3 unspecified atom stereocenters. The molecule has 3 atom stereocenters. The molecule has 0 spiro atoms. The summed E-state index contributed by atoms with van der Waals surface area (Å²) in [5.74, 6) is -0.620. The Bertz CT molecular complexity index is 198. The quantitative estimate of drug-likeness (QED) is 0.689. The summed E-state index contributed by atoms with van der Waals surface area (Å²) in [5.41, 5.74) is -1.53. The van der Waals surface area contributed by atoms with Crippen molar-refractivity contribution in [1.82, 2.24) is 0 Å². The molecular formula is C10H18O3. The van der Waals surface area contributed by atoms with Gasteiger partial charge in [0.15, 0.2) is 5.60 Å². The average Bonchev–Trinajstić information content (AvgIpc) is 2.04. The van der Waals surface area contributed by atoms with Crippen molar-refractivity contribution in [3.05, 3.63) is 0 Å². The van der Waals surface area contributed by atoms with E-state index in [1.54, 1.807) is 0 Å². The van der Waals surface area contributed by atoms with Crippen LogP contribution >= 0.6 is 0 Å². The summed E-state index contributed by atoms with van der Waals surface area (Å²) in [4.78, 5) is 10.8. The lowest BCUT2D eigenvalue weighted by Crippen LogP contribution is -2.44. The van der Waals surface area contributed by atoms with Gasteiger partial charge in [0.05, 0.1) is 0 Å². The lowest BCUT2D eigenvalue weighted by Gasteiger charge is -2.34. The predicted molar refractivity (Wildman–Crippen MR) is 49.4 cm³/mol. The van der Waals surface area contributed by atoms with Crippen LogP contribution < -0.4 is 0 Å². The van der Waals surface area contributed by atoms with Crippen LogP contribution in [0.5, 0.6) is 0 Å². The van der Waals surface area contributed by atoms with Crippen molar-refractivity contribution in [1.29, 1.82) is 0 Å². The molecule has 0 bridgehead atoms. The van der Waals surface area contributed by atoms with E-state index in [2.05, 4.69) is 6.92 Å². The Morgan fingerprint density at radius 1 is 1.46 bits per heavy atom. The highest BCUT2D eigenvalue weighted by Crippen LogP contribution is 2.35. The van der Waals surface area contributed by atoms with Gasteiger partial charge in [-0.2, -0.15) is 0 Å². The number of carboxylic acid groups (broad SMARTS) is 1. The second kappa shape index (κ2) is 3.66. The van der Waals surface area contributed by atoms with E-state index in [-0.39, 0.29) is 5.92 Å². The lowest BCUT2D eigenvalue weighted by molar-refractivity contribution is -0.164. The highest BCUT2D eigenvalue weighted by Gasteiger charge is 2.40. The predicted octanol–water partition coefficient (Wildman–Crippen LogP) is 1.65. The van der Waals surface area contributed by atoms with Gasteiger partial charge >= 0.3 is 5.97 Å².